The molecule has 0 atom stereocenters. The average molecular weight is 242 g/mol. The van der Waals surface area contributed by atoms with E-state index in [1.54, 1.807) is 0 Å². The van der Waals surface area contributed by atoms with E-state index in [1.807, 2.05) is 0 Å². The van der Waals surface area contributed by atoms with Crippen LogP contribution in [0, 0.1) is 0 Å². The van der Waals surface area contributed by atoms with Crippen molar-refractivity contribution in [1.29, 1.82) is 0 Å². The monoisotopic (exact) mass is 242 g/mol. The van der Waals surface area contributed by atoms with Gasteiger partial charge in [-0.15, -0.1) is 0 Å². The molecule has 1 aromatic carbocycles. The number of halogens is 3. The van der Waals surface area contributed by atoms with E-state index in [0.717, 1.165) is 6.07 Å². The summed E-state index contributed by atoms with van der Waals surface area (Å²) in [6.45, 7) is 0. The number of anilines is 1. The van der Waals surface area contributed by atoms with Gasteiger partial charge in [0.2, 0.25) is 5.91 Å². The molecule has 1 aliphatic heterocycles. The summed E-state index contributed by atoms with van der Waals surface area (Å²) in [5.41, 5.74) is 4.85. The fourth-order valence-corrected chi connectivity index (χ4v) is 1.74. The second-order valence-electron chi connectivity index (χ2n) is 3.68. The minimum absolute atomic E-state index is 0.0521. The Kier molecular flexibility index (Phi) is 2.57. The summed E-state index contributed by atoms with van der Waals surface area (Å²) in [6, 6.07) is 3.83. The summed E-state index contributed by atoms with van der Waals surface area (Å²) in [6.07, 6.45) is -3.20. The van der Waals surface area contributed by atoms with Crippen LogP contribution in [0.15, 0.2) is 30.0 Å². The first-order chi connectivity index (χ1) is 7.89. The van der Waals surface area contributed by atoms with E-state index in [1.165, 1.54) is 18.3 Å². The van der Waals surface area contributed by atoms with Gasteiger partial charge in [-0.25, -0.2) is 0 Å². The molecule has 2 rings (SSSR count). The lowest BCUT2D eigenvalue weighted by atomic mass is 9.95. The third-order valence-electron chi connectivity index (χ3n) is 2.57. The van der Waals surface area contributed by atoms with E-state index in [9.17, 15) is 18.0 Å². The molecule has 1 heterocycles. The lowest BCUT2D eigenvalue weighted by Crippen LogP contribution is -2.22. The summed E-state index contributed by atoms with van der Waals surface area (Å²) in [5, 5.41) is 2.64. The number of benzene rings is 1. The molecule has 0 radical (unpaired) electrons. The minimum atomic E-state index is -4.44. The molecular formula is C11H9F3N2O. The summed E-state index contributed by atoms with van der Waals surface area (Å²) >= 11 is 0. The zero-order valence-corrected chi connectivity index (χ0v) is 8.64. The van der Waals surface area contributed by atoms with Gasteiger partial charge >= 0.3 is 6.18 Å². The Bertz CT molecular complexity index is 506. The Morgan fingerprint density at radius 1 is 1.35 bits per heavy atom. The molecular weight excluding hydrogens is 233 g/mol. The van der Waals surface area contributed by atoms with E-state index < -0.39 is 17.6 Å². The lowest BCUT2D eigenvalue weighted by molar-refractivity contribution is -0.138. The summed E-state index contributed by atoms with van der Waals surface area (Å²) in [7, 11) is 0. The van der Waals surface area contributed by atoms with Crippen LogP contribution >= 0.6 is 0 Å². The molecule has 0 aromatic heterocycles. The quantitative estimate of drug-likeness (QED) is 0.791. The van der Waals surface area contributed by atoms with Crippen LogP contribution < -0.4 is 11.1 Å². The van der Waals surface area contributed by atoms with Crippen LogP contribution in [-0.4, -0.2) is 5.91 Å². The van der Waals surface area contributed by atoms with Crippen LogP contribution in [0.25, 0.3) is 0 Å². The first-order valence-electron chi connectivity index (χ1n) is 4.84. The number of alkyl halides is 3. The van der Waals surface area contributed by atoms with Crippen LogP contribution in [0.5, 0.6) is 0 Å². The maximum Gasteiger partial charge on any atom is 0.416 e. The van der Waals surface area contributed by atoms with Gasteiger partial charge in [0.15, 0.2) is 0 Å². The Morgan fingerprint density at radius 2 is 2.06 bits per heavy atom. The molecule has 0 saturated heterocycles. The van der Waals surface area contributed by atoms with E-state index in [2.05, 4.69) is 5.32 Å². The molecule has 0 unspecified atom stereocenters. The standard InChI is InChI=1S/C11H9F3N2O/c12-11(13,14)8-2-1-3-9-7(8)4-6(5-16-9)10(15)17/h1-3,5,16H,4H2,(H2,15,17). The van der Waals surface area contributed by atoms with Gasteiger partial charge in [0, 0.05) is 23.9 Å². The maximum absolute atomic E-state index is 12.7. The van der Waals surface area contributed by atoms with Gasteiger partial charge in [-0.3, -0.25) is 4.79 Å². The highest BCUT2D eigenvalue weighted by Gasteiger charge is 2.35. The molecule has 0 bridgehead atoms. The highest BCUT2D eigenvalue weighted by atomic mass is 19.4. The van der Waals surface area contributed by atoms with Crippen molar-refractivity contribution >= 4 is 11.6 Å². The smallest absolute Gasteiger partial charge is 0.366 e. The normalized spacial score (nSPS) is 14.6. The van der Waals surface area contributed by atoms with Gasteiger partial charge in [-0.2, -0.15) is 13.2 Å². The SMILES string of the molecule is NC(=O)C1=CNc2cccc(C(F)(F)F)c2C1. The van der Waals surface area contributed by atoms with E-state index >= 15 is 0 Å². The molecule has 0 saturated carbocycles. The first-order valence-corrected chi connectivity index (χ1v) is 4.84. The van der Waals surface area contributed by atoms with Crippen LogP contribution in [0.1, 0.15) is 11.1 Å². The molecule has 90 valence electrons. The number of nitrogens with one attached hydrogen (secondary N) is 1. The van der Waals surface area contributed by atoms with Crippen molar-refractivity contribution in [3.63, 3.8) is 0 Å². The Labute approximate surface area is 95.1 Å². The predicted molar refractivity (Wildman–Crippen MR) is 56.0 cm³/mol. The Hall–Kier alpha value is -1.98. The number of rotatable bonds is 1. The highest BCUT2D eigenvalue weighted by Crippen LogP contribution is 2.37. The molecule has 1 aliphatic rings. The number of carbonyl (C=O) groups excluding carboxylic acids is 1. The van der Waals surface area contributed by atoms with Crippen molar-refractivity contribution in [3.05, 3.63) is 41.1 Å². The second kappa shape index (κ2) is 3.80. The molecule has 17 heavy (non-hydrogen) atoms. The van der Waals surface area contributed by atoms with Crippen LogP contribution in [-0.2, 0) is 17.4 Å². The molecule has 3 N–H and O–H groups in total. The van der Waals surface area contributed by atoms with Crippen LogP contribution in [0.3, 0.4) is 0 Å². The van der Waals surface area contributed by atoms with Gasteiger partial charge < -0.3 is 11.1 Å². The molecule has 0 aliphatic carbocycles. The summed E-state index contributed by atoms with van der Waals surface area (Å²) in [4.78, 5) is 11.0. The van der Waals surface area contributed by atoms with Crippen molar-refractivity contribution < 1.29 is 18.0 Å². The Balaban J connectivity index is 2.48. The number of primary amides is 1. The molecule has 0 fully saturated rings. The molecule has 1 amide bonds. The van der Waals surface area contributed by atoms with Crippen molar-refractivity contribution in [1.82, 2.24) is 0 Å². The van der Waals surface area contributed by atoms with E-state index in [4.69, 9.17) is 5.73 Å². The number of hydrogen-bond acceptors (Lipinski definition) is 2. The number of amides is 1. The zero-order chi connectivity index (χ0) is 12.6. The fraction of sp³-hybridized carbons (Fsp3) is 0.182. The minimum Gasteiger partial charge on any atom is -0.366 e. The number of carbonyl (C=O) groups is 1. The van der Waals surface area contributed by atoms with Crippen molar-refractivity contribution in [2.45, 2.75) is 12.6 Å². The number of fused-ring (bicyclic) bond motifs is 1. The van der Waals surface area contributed by atoms with Gasteiger partial charge in [0.1, 0.15) is 0 Å². The summed E-state index contributed by atoms with van der Waals surface area (Å²) < 4.78 is 38.2. The molecule has 1 aromatic rings. The van der Waals surface area contributed by atoms with Crippen LogP contribution in [0.4, 0.5) is 18.9 Å². The zero-order valence-electron chi connectivity index (χ0n) is 8.64. The van der Waals surface area contributed by atoms with Gasteiger partial charge in [0.25, 0.3) is 0 Å². The highest BCUT2D eigenvalue weighted by molar-refractivity contribution is 5.94. The number of nitrogens with two attached hydrogens (primary N) is 1. The van der Waals surface area contributed by atoms with E-state index in [0.29, 0.717) is 5.69 Å². The topological polar surface area (TPSA) is 55.1 Å². The largest absolute Gasteiger partial charge is 0.416 e. The van der Waals surface area contributed by atoms with Crippen molar-refractivity contribution in [2.24, 2.45) is 5.73 Å². The van der Waals surface area contributed by atoms with Crippen molar-refractivity contribution in [3.8, 4) is 0 Å². The van der Waals surface area contributed by atoms with Gasteiger partial charge in [-0.05, 0) is 17.7 Å². The first kappa shape index (κ1) is 11.5. The van der Waals surface area contributed by atoms with Crippen LogP contribution in [0.2, 0.25) is 0 Å². The Morgan fingerprint density at radius 3 is 2.65 bits per heavy atom. The summed E-state index contributed by atoms with van der Waals surface area (Å²) in [5.74, 6) is -0.722. The predicted octanol–water partition coefficient (Wildman–Crippen LogP) is 2.04. The third kappa shape index (κ3) is 2.11. The molecule has 0 spiro atoms. The fourth-order valence-electron chi connectivity index (χ4n) is 1.74. The second-order valence-corrected chi connectivity index (χ2v) is 3.68. The van der Waals surface area contributed by atoms with Crippen molar-refractivity contribution in [2.75, 3.05) is 5.32 Å². The van der Waals surface area contributed by atoms with E-state index in [-0.39, 0.29) is 17.6 Å². The number of hydrogen-bond donors (Lipinski definition) is 2. The maximum atomic E-state index is 12.7. The third-order valence-corrected chi connectivity index (χ3v) is 2.57. The lowest BCUT2D eigenvalue weighted by Gasteiger charge is -2.21. The molecule has 6 heteroatoms. The molecule has 3 nitrogen and oxygen atoms in total. The average Bonchev–Trinajstić information content (AvgIpc) is 2.26. The van der Waals surface area contributed by atoms with Gasteiger partial charge in [0.05, 0.1) is 5.56 Å². The van der Waals surface area contributed by atoms with Gasteiger partial charge in [-0.1, -0.05) is 6.07 Å².